The van der Waals surface area contributed by atoms with E-state index in [2.05, 4.69) is 43.5 Å². The smallest absolute Gasteiger partial charge is 0.269 e. The van der Waals surface area contributed by atoms with Crippen LogP contribution in [0.5, 0.6) is 11.5 Å². The topological polar surface area (TPSA) is 106 Å². The second kappa shape index (κ2) is 13.2. The van der Waals surface area contributed by atoms with Crippen molar-refractivity contribution in [2.75, 3.05) is 20.2 Å². The van der Waals surface area contributed by atoms with E-state index < -0.39 is 4.92 Å². The quantitative estimate of drug-likeness (QED) is 0.198. The zero-order valence-corrected chi connectivity index (χ0v) is 22.6. The van der Waals surface area contributed by atoms with E-state index in [9.17, 15) is 14.9 Å². The Morgan fingerprint density at radius 1 is 1.08 bits per heavy atom. The van der Waals surface area contributed by atoms with Crippen LogP contribution in [0.4, 0.5) is 5.69 Å². The van der Waals surface area contributed by atoms with Gasteiger partial charge in [-0.1, -0.05) is 28.1 Å². The molecule has 0 bridgehead atoms. The van der Waals surface area contributed by atoms with E-state index in [1.54, 1.807) is 37.6 Å². The number of nitro benzene ring substituents is 1. The maximum atomic E-state index is 12.6. The zero-order chi connectivity index (χ0) is 26.9. The van der Waals surface area contributed by atoms with E-state index in [1.807, 2.05) is 18.2 Å². The third kappa shape index (κ3) is 7.62. The van der Waals surface area contributed by atoms with Crippen molar-refractivity contribution in [3.63, 3.8) is 0 Å². The van der Waals surface area contributed by atoms with Crippen LogP contribution in [-0.2, 0) is 17.9 Å². The van der Waals surface area contributed by atoms with E-state index >= 15 is 0 Å². The van der Waals surface area contributed by atoms with Crippen molar-refractivity contribution in [1.29, 1.82) is 0 Å². The third-order valence-corrected chi connectivity index (χ3v) is 6.92. The number of carbonyl (C=O) groups is 1. The fraction of sp³-hybridized carbons (Fsp3) is 0.286. The number of non-ortho nitro benzene ring substituents is 1. The van der Waals surface area contributed by atoms with Gasteiger partial charge in [0.25, 0.3) is 5.69 Å². The summed E-state index contributed by atoms with van der Waals surface area (Å²) in [5.41, 5.74) is 5.47. The maximum Gasteiger partial charge on any atom is 0.269 e. The SMILES string of the molecule is COc1ccc(/C=N\NC(=O)C2CCN(Cc3ccc(Br)cc3)CC2)cc1OCc1ccc([N+](=O)[O-])cc1. The highest BCUT2D eigenvalue weighted by molar-refractivity contribution is 9.10. The molecule has 198 valence electrons. The second-order valence-electron chi connectivity index (χ2n) is 9.03. The highest BCUT2D eigenvalue weighted by Crippen LogP contribution is 2.28. The van der Waals surface area contributed by atoms with Gasteiger partial charge < -0.3 is 9.47 Å². The average molecular weight is 581 g/mol. The number of carbonyl (C=O) groups excluding carboxylic acids is 1. The summed E-state index contributed by atoms with van der Waals surface area (Å²) >= 11 is 3.46. The predicted octanol–water partition coefficient (Wildman–Crippen LogP) is 5.31. The minimum Gasteiger partial charge on any atom is -0.493 e. The van der Waals surface area contributed by atoms with Crippen molar-refractivity contribution in [2.24, 2.45) is 11.0 Å². The first kappa shape index (κ1) is 27.3. The molecular weight excluding hydrogens is 552 g/mol. The highest BCUT2D eigenvalue weighted by atomic mass is 79.9. The monoisotopic (exact) mass is 580 g/mol. The van der Waals surface area contributed by atoms with Crippen molar-refractivity contribution in [2.45, 2.75) is 26.0 Å². The van der Waals surface area contributed by atoms with Crippen LogP contribution in [0.2, 0.25) is 0 Å². The molecule has 0 aliphatic carbocycles. The molecule has 0 unspecified atom stereocenters. The van der Waals surface area contributed by atoms with Crippen LogP contribution < -0.4 is 14.9 Å². The number of likely N-dealkylation sites (tertiary alicyclic amines) is 1. The number of nitro groups is 1. The van der Waals surface area contributed by atoms with Crippen molar-refractivity contribution in [3.05, 3.63) is 98.0 Å². The number of benzene rings is 3. The molecule has 1 amide bonds. The fourth-order valence-electron chi connectivity index (χ4n) is 4.22. The van der Waals surface area contributed by atoms with E-state index in [0.29, 0.717) is 11.5 Å². The van der Waals surface area contributed by atoms with Crippen molar-refractivity contribution in [3.8, 4) is 11.5 Å². The number of nitrogens with one attached hydrogen (secondary N) is 1. The summed E-state index contributed by atoms with van der Waals surface area (Å²) in [6.07, 6.45) is 3.15. The number of rotatable bonds is 10. The van der Waals surface area contributed by atoms with Gasteiger partial charge in [0.1, 0.15) is 6.61 Å². The number of amides is 1. The second-order valence-corrected chi connectivity index (χ2v) is 9.95. The molecule has 38 heavy (non-hydrogen) atoms. The van der Waals surface area contributed by atoms with Crippen LogP contribution in [0.15, 0.2) is 76.3 Å². The summed E-state index contributed by atoms with van der Waals surface area (Å²) in [5, 5.41) is 15.0. The Labute approximate surface area is 229 Å². The number of hydrogen-bond donors (Lipinski definition) is 1. The largest absolute Gasteiger partial charge is 0.493 e. The normalized spacial score (nSPS) is 14.4. The molecule has 1 aliphatic rings. The first-order valence-electron chi connectivity index (χ1n) is 12.2. The lowest BCUT2D eigenvalue weighted by Crippen LogP contribution is -2.39. The molecule has 0 atom stereocenters. The average Bonchev–Trinajstić information content (AvgIpc) is 2.94. The van der Waals surface area contributed by atoms with Gasteiger partial charge >= 0.3 is 0 Å². The highest BCUT2D eigenvalue weighted by Gasteiger charge is 2.24. The molecule has 1 heterocycles. The molecule has 10 heteroatoms. The molecule has 1 fully saturated rings. The van der Waals surface area contributed by atoms with Gasteiger partial charge in [-0.25, -0.2) is 5.43 Å². The van der Waals surface area contributed by atoms with Crippen LogP contribution in [0.1, 0.15) is 29.5 Å². The van der Waals surface area contributed by atoms with Gasteiger partial charge in [0.15, 0.2) is 11.5 Å². The van der Waals surface area contributed by atoms with Crippen molar-refractivity contribution < 1.29 is 19.2 Å². The Balaban J connectivity index is 1.27. The zero-order valence-electron chi connectivity index (χ0n) is 21.0. The molecule has 1 N–H and O–H groups in total. The number of hydrazone groups is 1. The lowest BCUT2D eigenvalue weighted by molar-refractivity contribution is -0.384. The molecule has 0 aromatic heterocycles. The van der Waals surface area contributed by atoms with E-state index in [1.165, 1.54) is 17.7 Å². The van der Waals surface area contributed by atoms with Crippen LogP contribution in [0, 0.1) is 16.0 Å². The van der Waals surface area contributed by atoms with E-state index in [0.717, 1.165) is 48.1 Å². The Bertz CT molecular complexity index is 1270. The summed E-state index contributed by atoms with van der Waals surface area (Å²) in [6.45, 7) is 2.83. The Morgan fingerprint density at radius 2 is 1.76 bits per heavy atom. The number of piperidine rings is 1. The van der Waals surface area contributed by atoms with Crippen LogP contribution in [-0.4, -0.2) is 42.1 Å². The first-order chi connectivity index (χ1) is 18.4. The summed E-state index contributed by atoms with van der Waals surface area (Å²) in [7, 11) is 1.55. The third-order valence-electron chi connectivity index (χ3n) is 6.40. The minimum atomic E-state index is -0.441. The minimum absolute atomic E-state index is 0.0258. The summed E-state index contributed by atoms with van der Waals surface area (Å²) in [5.74, 6) is 0.903. The van der Waals surface area contributed by atoms with Gasteiger partial charge in [0, 0.05) is 29.1 Å². The predicted molar refractivity (Wildman–Crippen MR) is 148 cm³/mol. The van der Waals surface area contributed by atoms with Gasteiger partial charge in [-0.3, -0.25) is 19.8 Å². The van der Waals surface area contributed by atoms with E-state index in [-0.39, 0.29) is 24.1 Å². The summed E-state index contributed by atoms with van der Waals surface area (Å²) < 4.78 is 12.3. The number of hydrogen-bond acceptors (Lipinski definition) is 7. The molecule has 0 radical (unpaired) electrons. The number of halogens is 1. The molecule has 0 saturated carbocycles. The van der Waals surface area contributed by atoms with Crippen LogP contribution in [0.25, 0.3) is 0 Å². The maximum absolute atomic E-state index is 12.6. The molecule has 1 aliphatic heterocycles. The van der Waals surface area contributed by atoms with Gasteiger partial charge in [-0.2, -0.15) is 5.10 Å². The summed E-state index contributed by atoms with van der Waals surface area (Å²) in [6, 6.07) is 19.8. The number of ether oxygens (including phenoxy) is 2. The van der Waals surface area contributed by atoms with Crippen LogP contribution >= 0.6 is 15.9 Å². The first-order valence-corrected chi connectivity index (χ1v) is 13.0. The molecule has 9 nitrogen and oxygen atoms in total. The molecule has 3 aromatic rings. The molecule has 1 saturated heterocycles. The van der Waals surface area contributed by atoms with Gasteiger partial charge in [-0.05, 0) is 85.1 Å². The van der Waals surface area contributed by atoms with Gasteiger partial charge in [-0.15, -0.1) is 0 Å². The lowest BCUT2D eigenvalue weighted by atomic mass is 9.96. The van der Waals surface area contributed by atoms with Gasteiger partial charge in [0.05, 0.1) is 18.2 Å². The van der Waals surface area contributed by atoms with Crippen molar-refractivity contribution in [1.82, 2.24) is 10.3 Å². The molecule has 4 rings (SSSR count). The Hall–Kier alpha value is -3.76. The lowest BCUT2D eigenvalue weighted by Gasteiger charge is -2.30. The van der Waals surface area contributed by atoms with Crippen LogP contribution in [0.3, 0.4) is 0 Å². The Morgan fingerprint density at radius 3 is 2.42 bits per heavy atom. The molecule has 0 spiro atoms. The van der Waals surface area contributed by atoms with Gasteiger partial charge in [0.2, 0.25) is 5.91 Å². The standard InChI is InChI=1S/C28H29BrN4O5/c1-37-26-11-6-22(16-27(26)38-19-21-4-9-25(10-5-21)33(35)36)17-30-31-28(34)23-12-14-32(15-13-23)18-20-2-7-24(29)8-3-20/h2-11,16-17,23H,12-15,18-19H2,1H3,(H,31,34)/b30-17-. The molecular formula is C28H29BrN4O5. The molecule has 3 aromatic carbocycles. The number of methoxy groups -OCH3 is 1. The van der Waals surface area contributed by atoms with E-state index in [4.69, 9.17) is 9.47 Å². The Kier molecular flexibility index (Phi) is 9.45. The summed E-state index contributed by atoms with van der Waals surface area (Å²) in [4.78, 5) is 25.4. The van der Waals surface area contributed by atoms with Crippen molar-refractivity contribution >= 4 is 33.7 Å². The fourth-order valence-corrected chi connectivity index (χ4v) is 4.49. The number of nitrogens with zero attached hydrogens (tertiary/aromatic N) is 3.